The van der Waals surface area contributed by atoms with Gasteiger partial charge >= 0.3 is 0 Å². The molecule has 3 aromatic carbocycles. The molecule has 0 amide bonds. The summed E-state index contributed by atoms with van der Waals surface area (Å²) in [6.07, 6.45) is 0. The molecule has 1 heterocycles. The van der Waals surface area contributed by atoms with E-state index in [1.165, 1.54) is 11.8 Å². The molecule has 0 saturated heterocycles. The summed E-state index contributed by atoms with van der Waals surface area (Å²) in [5.74, 6) is 1.79. The summed E-state index contributed by atoms with van der Waals surface area (Å²) in [6, 6.07) is 25.1. The number of Topliss-reactive ketones (excluding diaryl/α,β-unsaturated/α-hetero) is 1. The zero-order chi connectivity index (χ0) is 21.6. The lowest BCUT2D eigenvalue weighted by Gasteiger charge is -2.12. The van der Waals surface area contributed by atoms with Gasteiger partial charge in [0.1, 0.15) is 12.4 Å². The summed E-state index contributed by atoms with van der Waals surface area (Å²) in [6.45, 7) is 2.28. The number of halogens is 1. The van der Waals surface area contributed by atoms with Crippen molar-refractivity contribution in [2.24, 2.45) is 0 Å². The first-order valence-electron chi connectivity index (χ1n) is 9.71. The number of benzene rings is 3. The van der Waals surface area contributed by atoms with Crippen molar-refractivity contribution in [1.82, 2.24) is 14.8 Å². The van der Waals surface area contributed by atoms with Gasteiger partial charge in [0.2, 0.25) is 0 Å². The standard InChI is InChI=1S/C24H20BrN3O2S/c1-17-7-5-6-10-22(17)30-15-23-26-27-24(28(23)20-8-3-2-4-9-20)31-16-21(29)18-11-13-19(25)14-12-18/h2-14H,15-16H2,1H3. The Balaban J connectivity index is 1.55. The van der Waals surface area contributed by atoms with Crippen molar-refractivity contribution in [1.29, 1.82) is 0 Å². The number of ketones is 1. The second-order valence-electron chi connectivity index (χ2n) is 6.84. The largest absolute Gasteiger partial charge is 0.485 e. The fourth-order valence-electron chi connectivity index (χ4n) is 3.03. The van der Waals surface area contributed by atoms with E-state index in [1.807, 2.05) is 90.4 Å². The number of rotatable bonds is 8. The third-order valence-corrected chi connectivity index (χ3v) is 6.12. The zero-order valence-corrected chi connectivity index (χ0v) is 19.3. The van der Waals surface area contributed by atoms with Gasteiger partial charge in [0.05, 0.1) is 5.75 Å². The van der Waals surface area contributed by atoms with Crippen LogP contribution in [0.15, 0.2) is 88.5 Å². The highest BCUT2D eigenvalue weighted by molar-refractivity contribution is 9.10. The number of hydrogen-bond donors (Lipinski definition) is 0. The van der Waals surface area contributed by atoms with E-state index in [0.29, 0.717) is 16.5 Å². The van der Waals surface area contributed by atoms with Crippen molar-refractivity contribution in [3.8, 4) is 11.4 Å². The Morgan fingerprint density at radius 2 is 1.68 bits per heavy atom. The molecule has 0 bridgehead atoms. The van der Waals surface area contributed by atoms with Crippen LogP contribution < -0.4 is 4.74 Å². The van der Waals surface area contributed by atoms with Crippen LogP contribution in [0.3, 0.4) is 0 Å². The summed E-state index contributed by atoms with van der Waals surface area (Å²) >= 11 is 4.76. The van der Waals surface area contributed by atoms with E-state index in [-0.39, 0.29) is 18.1 Å². The average molecular weight is 494 g/mol. The number of carbonyl (C=O) groups is 1. The van der Waals surface area contributed by atoms with Crippen LogP contribution in [0.1, 0.15) is 21.7 Å². The third-order valence-electron chi connectivity index (χ3n) is 4.66. The molecule has 156 valence electrons. The Kier molecular flexibility index (Phi) is 6.84. The molecular weight excluding hydrogens is 474 g/mol. The van der Waals surface area contributed by atoms with E-state index in [9.17, 15) is 4.79 Å². The second-order valence-corrected chi connectivity index (χ2v) is 8.70. The molecule has 0 N–H and O–H groups in total. The molecular formula is C24H20BrN3O2S. The highest BCUT2D eigenvalue weighted by atomic mass is 79.9. The molecule has 0 aliphatic carbocycles. The van der Waals surface area contributed by atoms with Crippen molar-refractivity contribution < 1.29 is 9.53 Å². The predicted molar refractivity (Wildman–Crippen MR) is 126 cm³/mol. The molecule has 0 atom stereocenters. The van der Waals surface area contributed by atoms with Crippen molar-refractivity contribution in [2.45, 2.75) is 18.7 Å². The predicted octanol–water partition coefficient (Wildman–Crippen LogP) is 5.89. The molecule has 0 saturated carbocycles. The van der Waals surface area contributed by atoms with Gasteiger partial charge in [-0.15, -0.1) is 10.2 Å². The van der Waals surface area contributed by atoms with Crippen molar-refractivity contribution in [3.63, 3.8) is 0 Å². The maximum atomic E-state index is 12.6. The molecule has 0 spiro atoms. The summed E-state index contributed by atoms with van der Waals surface area (Å²) in [5.41, 5.74) is 2.65. The van der Waals surface area contributed by atoms with Crippen LogP contribution in [-0.4, -0.2) is 26.3 Å². The van der Waals surface area contributed by atoms with Gasteiger partial charge in [0, 0.05) is 15.7 Å². The number of para-hydroxylation sites is 2. The molecule has 0 fully saturated rings. The fraction of sp³-hybridized carbons (Fsp3) is 0.125. The van der Waals surface area contributed by atoms with Gasteiger partial charge < -0.3 is 4.74 Å². The maximum absolute atomic E-state index is 12.6. The van der Waals surface area contributed by atoms with Crippen LogP contribution in [0.25, 0.3) is 5.69 Å². The van der Waals surface area contributed by atoms with E-state index in [4.69, 9.17) is 4.74 Å². The number of aromatic nitrogens is 3. The van der Waals surface area contributed by atoms with E-state index in [0.717, 1.165) is 21.5 Å². The smallest absolute Gasteiger partial charge is 0.196 e. The Hall–Kier alpha value is -2.90. The highest BCUT2D eigenvalue weighted by Crippen LogP contribution is 2.25. The molecule has 0 aliphatic rings. The van der Waals surface area contributed by atoms with E-state index in [2.05, 4.69) is 26.1 Å². The summed E-state index contributed by atoms with van der Waals surface area (Å²) < 4.78 is 8.89. The maximum Gasteiger partial charge on any atom is 0.196 e. The lowest BCUT2D eigenvalue weighted by atomic mass is 10.2. The van der Waals surface area contributed by atoms with Crippen LogP contribution >= 0.6 is 27.7 Å². The first-order chi connectivity index (χ1) is 15.1. The van der Waals surface area contributed by atoms with Crippen LogP contribution in [0.5, 0.6) is 5.75 Å². The van der Waals surface area contributed by atoms with Gasteiger partial charge in [-0.25, -0.2) is 0 Å². The lowest BCUT2D eigenvalue weighted by molar-refractivity contribution is 0.102. The number of hydrogen-bond acceptors (Lipinski definition) is 5. The molecule has 4 rings (SSSR count). The number of ether oxygens (including phenoxy) is 1. The van der Waals surface area contributed by atoms with Crippen LogP contribution in [0, 0.1) is 6.92 Å². The topological polar surface area (TPSA) is 57.0 Å². The van der Waals surface area contributed by atoms with Gasteiger partial charge in [-0.05, 0) is 42.8 Å². The molecule has 0 radical (unpaired) electrons. The number of nitrogens with zero attached hydrogens (tertiary/aromatic N) is 3. The minimum Gasteiger partial charge on any atom is -0.485 e. The Labute approximate surface area is 193 Å². The summed E-state index contributed by atoms with van der Waals surface area (Å²) in [4.78, 5) is 12.6. The molecule has 0 unspecified atom stereocenters. The summed E-state index contributed by atoms with van der Waals surface area (Å²) in [5, 5.41) is 9.35. The number of thioether (sulfide) groups is 1. The van der Waals surface area contributed by atoms with Crippen molar-refractivity contribution in [3.05, 3.63) is 100 Å². The van der Waals surface area contributed by atoms with E-state index < -0.39 is 0 Å². The van der Waals surface area contributed by atoms with Gasteiger partial charge in [-0.2, -0.15) is 0 Å². The first kappa shape index (κ1) is 21.3. The third kappa shape index (κ3) is 5.24. The molecule has 4 aromatic rings. The molecule has 1 aromatic heterocycles. The quantitative estimate of drug-likeness (QED) is 0.226. The summed E-state index contributed by atoms with van der Waals surface area (Å²) in [7, 11) is 0. The molecule has 31 heavy (non-hydrogen) atoms. The van der Waals surface area contributed by atoms with Crippen LogP contribution in [0.4, 0.5) is 0 Å². The van der Waals surface area contributed by atoms with Crippen LogP contribution in [0.2, 0.25) is 0 Å². The second kappa shape index (κ2) is 9.94. The molecule has 0 aliphatic heterocycles. The average Bonchev–Trinajstić information content (AvgIpc) is 3.21. The zero-order valence-electron chi connectivity index (χ0n) is 16.9. The Bertz CT molecular complexity index is 1180. The lowest BCUT2D eigenvalue weighted by Crippen LogP contribution is -2.08. The van der Waals surface area contributed by atoms with Crippen molar-refractivity contribution in [2.75, 3.05) is 5.75 Å². The van der Waals surface area contributed by atoms with Gasteiger partial charge in [0.15, 0.2) is 16.8 Å². The van der Waals surface area contributed by atoms with E-state index >= 15 is 0 Å². The van der Waals surface area contributed by atoms with Crippen LogP contribution in [-0.2, 0) is 6.61 Å². The SMILES string of the molecule is Cc1ccccc1OCc1nnc(SCC(=O)c2ccc(Br)cc2)n1-c1ccccc1. The normalized spacial score (nSPS) is 10.8. The minimum absolute atomic E-state index is 0.0397. The highest BCUT2D eigenvalue weighted by Gasteiger charge is 2.17. The van der Waals surface area contributed by atoms with Gasteiger partial charge in [-0.1, -0.05) is 76.2 Å². The Morgan fingerprint density at radius 1 is 0.968 bits per heavy atom. The molecule has 5 nitrogen and oxygen atoms in total. The Morgan fingerprint density at radius 3 is 2.42 bits per heavy atom. The first-order valence-corrected chi connectivity index (χ1v) is 11.5. The van der Waals surface area contributed by atoms with Gasteiger partial charge in [-0.3, -0.25) is 9.36 Å². The molecule has 7 heteroatoms. The van der Waals surface area contributed by atoms with Gasteiger partial charge in [0.25, 0.3) is 0 Å². The fourth-order valence-corrected chi connectivity index (χ4v) is 4.16. The monoisotopic (exact) mass is 493 g/mol. The van der Waals surface area contributed by atoms with E-state index in [1.54, 1.807) is 0 Å². The number of aryl methyl sites for hydroxylation is 1. The van der Waals surface area contributed by atoms with Crippen molar-refractivity contribution >= 4 is 33.5 Å². The minimum atomic E-state index is 0.0397. The number of carbonyl (C=O) groups excluding carboxylic acids is 1.